The Morgan fingerprint density at radius 2 is 2.35 bits per heavy atom. The molecular weight excluding hydrogens is 240 g/mol. The van der Waals surface area contributed by atoms with Crippen LogP contribution in [0.25, 0.3) is 0 Å². The van der Waals surface area contributed by atoms with Crippen molar-refractivity contribution in [2.24, 2.45) is 5.92 Å². The van der Waals surface area contributed by atoms with Crippen LogP contribution >= 0.6 is 11.6 Å². The van der Waals surface area contributed by atoms with Gasteiger partial charge in [0.2, 0.25) is 5.91 Å². The van der Waals surface area contributed by atoms with Gasteiger partial charge in [-0.25, -0.2) is 0 Å². The van der Waals surface area contributed by atoms with Gasteiger partial charge in [0.05, 0.1) is 13.0 Å². The summed E-state index contributed by atoms with van der Waals surface area (Å²) in [4.78, 5) is 11.6. The average molecular weight is 255 g/mol. The third-order valence-corrected chi connectivity index (χ3v) is 3.22. The van der Waals surface area contributed by atoms with Crippen LogP contribution < -0.4 is 15.4 Å². The third-order valence-electron chi connectivity index (χ3n) is 2.87. The molecule has 0 spiro atoms. The fourth-order valence-corrected chi connectivity index (χ4v) is 1.84. The molecule has 0 atom stereocenters. The van der Waals surface area contributed by atoms with E-state index < -0.39 is 0 Å². The van der Waals surface area contributed by atoms with Crippen molar-refractivity contribution in [2.75, 3.05) is 20.2 Å². The molecule has 1 heterocycles. The van der Waals surface area contributed by atoms with E-state index in [2.05, 4.69) is 10.6 Å². The Morgan fingerprint density at radius 3 is 2.88 bits per heavy atom. The van der Waals surface area contributed by atoms with Gasteiger partial charge < -0.3 is 15.4 Å². The maximum absolute atomic E-state index is 11.6. The largest absolute Gasteiger partial charge is 0.497 e. The van der Waals surface area contributed by atoms with Crippen LogP contribution in [0.2, 0.25) is 5.02 Å². The minimum Gasteiger partial charge on any atom is -0.497 e. The van der Waals surface area contributed by atoms with E-state index in [1.165, 1.54) is 0 Å². The van der Waals surface area contributed by atoms with Gasteiger partial charge in [-0.1, -0.05) is 17.7 Å². The van der Waals surface area contributed by atoms with Crippen molar-refractivity contribution in [1.82, 2.24) is 10.6 Å². The number of benzene rings is 1. The summed E-state index contributed by atoms with van der Waals surface area (Å²) in [7, 11) is 1.59. The number of halogens is 1. The smallest absolute Gasteiger partial charge is 0.225 e. The van der Waals surface area contributed by atoms with Crippen LogP contribution in [0.3, 0.4) is 0 Å². The molecule has 0 saturated carbocycles. The third kappa shape index (κ3) is 2.90. The predicted molar refractivity (Wildman–Crippen MR) is 66.2 cm³/mol. The first-order chi connectivity index (χ1) is 8.20. The molecule has 0 bridgehead atoms. The Balaban J connectivity index is 1.91. The van der Waals surface area contributed by atoms with Gasteiger partial charge in [-0.2, -0.15) is 0 Å². The molecule has 2 rings (SSSR count). The van der Waals surface area contributed by atoms with Crippen molar-refractivity contribution < 1.29 is 9.53 Å². The first kappa shape index (κ1) is 12.2. The molecule has 92 valence electrons. The van der Waals surface area contributed by atoms with Gasteiger partial charge in [0.1, 0.15) is 5.75 Å². The number of amides is 1. The molecule has 1 aromatic carbocycles. The maximum Gasteiger partial charge on any atom is 0.225 e. The van der Waals surface area contributed by atoms with Gasteiger partial charge in [-0.3, -0.25) is 4.79 Å². The molecule has 1 aromatic rings. The zero-order valence-corrected chi connectivity index (χ0v) is 10.4. The van der Waals surface area contributed by atoms with E-state index in [-0.39, 0.29) is 11.8 Å². The lowest BCUT2D eigenvalue weighted by Gasteiger charge is -2.25. The van der Waals surface area contributed by atoms with Crippen molar-refractivity contribution in [3.05, 3.63) is 28.8 Å². The summed E-state index contributed by atoms with van der Waals surface area (Å²) < 4.78 is 5.06. The van der Waals surface area contributed by atoms with Crippen molar-refractivity contribution in [3.63, 3.8) is 0 Å². The fourth-order valence-electron chi connectivity index (χ4n) is 1.60. The van der Waals surface area contributed by atoms with Crippen molar-refractivity contribution in [1.29, 1.82) is 0 Å². The SMILES string of the molecule is COc1ccc(CNC(=O)C2CNC2)c(Cl)c1. The minimum absolute atomic E-state index is 0.0793. The highest BCUT2D eigenvalue weighted by molar-refractivity contribution is 6.31. The zero-order valence-electron chi connectivity index (χ0n) is 9.63. The van der Waals surface area contributed by atoms with E-state index in [0.29, 0.717) is 17.3 Å². The molecule has 5 heteroatoms. The van der Waals surface area contributed by atoms with E-state index in [1.54, 1.807) is 13.2 Å². The first-order valence-corrected chi connectivity index (χ1v) is 5.89. The highest BCUT2D eigenvalue weighted by atomic mass is 35.5. The minimum atomic E-state index is 0.0793. The lowest BCUT2D eigenvalue weighted by molar-refractivity contribution is -0.126. The molecule has 1 saturated heterocycles. The number of carbonyl (C=O) groups is 1. The molecule has 0 unspecified atom stereocenters. The standard InChI is InChI=1S/C12H15ClN2O2/c1-17-10-3-2-8(11(13)4-10)7-15-12(16)9-5-14-6-9/h2-4,9,14H,5-7H2,1H3,(H,15,16). The highest BCUT2D eigenvalue weighted by Gasteiger charge is 2.24. The molecule has 1 aliphatic heterocycles. The Bertz CT molecular complexity index is 419. The van der Waals surface area contributed by atoms with Crippen molar-refractivity contribution >= 4 is 17.5 Å². The Kier molecular flexibility index (Phi) is 3.86. The van der Waals surface area contributed by atoms with Crippen LogP contribution in [-0.4, -0.2) is 26.1 Å². The molecule has 0 aromatic heterocycles. The van der Waals surface area contributed by atoms with Gasteiger partial charge >= 0.3 is 0 Å². The Labute approximate surface area is 105 Å². The summed E-state index contributed by atoms with van der Waals surface area (Å²) in [6, 6.07) is 5.44. The monoisotopic (exact) mass is 254 g/mol. The van der Waals surface area contributed by atoms with E-state index in [0.717, 1.165) is 18.7 Å². The summed E-state index contributed by atoms with van der Waals surface area (Å²) in [5.74, 6) is 0.899. The number of hydrogen-bond acceptors (Lipinski definition) is 3. The van der Waals surface area contributed by atoms with E-state index in [9.17, 15) is 4.79 Å². The quantitative estimate of drug-likeness (QED) is 0.849. The van der Waals surface area contributed by atoms with Crippen LogP contribution in [0.5, 0.6) is 5.75 Å². The summed E-state index contributed by atoms with van der Waals surface area (Å²) in [5, 5.41) is 6.55. The zero-order chi connectivity index (χ0) is 12.3. The molecular formula is C12H15ClN2O2. The van der Waals surface area contributed by atoms with Crippen LogP contribution in [-0.2, 0) is 11.3 Å². The molecule has 2 N–H and O–H groups in total. The van der Waals surface area contributed by atoms with Crippen LogP contribution in [0, 0.1) is 5.92 Å². The number of carbonyl (C=O) groups excluding carboxylic acids is 1. The molecule has 1 fully saturated rings. The lowest BCUT2D eigenvalue weighted by atomic mass is 10.0. The summed E-state index contributed by atoms with van der Waals surface area (Å²) in [6.45, 7) is 1.99. The van der Waals surface area contributed by atoms with E-state index >= 15 is 0 Å². The summed E-state index contributed by atoms with van der Waals surface area (Å²) in [5.41, 5.74) is 0.896. The Hall–Kier alpha value is -1.26. The number of ether oxygens (including phenoxy) is 1. The second-order valence-electron chi connectivity index (χ2n) is 4.03. The van der Waals surface area contributed by atoms with Crippen LogP contribution in [0.1, 0.15) is 5.56 Å². The average Bonchev–Trinajstić information content (AvgIpc) is 2.25. The topological polar surface area (TPSA) is 50.4 Å². The van der Waals surface area contributed by atoms with Gasteiger partial charge in [0.15, 0.2) is 0 Å². The second-order valence-corrected chi connectivity index (χ2v) is 4.44. The predicted octanol–water partition coefficient (Wildman–Crippen LogP) is 1.18. The Morgan fingerprint density at radius 1 is 1.59 bits per heavy atom. The van der Waals surface area contributed by atoms with Gasteiger partial charge in [0, 0.05) is 24.7 Å². The second kappa shape index (κ2) is 5.38. The lowest BCUT2D eigenvalue weighted by Crippen LogP contribution is -2.50. The van der Waals surface area contributed by atoms with E-state index in [1.807, 2.05) is 12.1 Å². The normalized spacial score (nSPS) is 15.2. The fraction of sp³-hybridized carbons (Fsp3) is 0.417. The van der Waals surface area contributed by atoms with Gasteiger partial charge in [-0.05, 0) is 17.7 Å². The van der Waals surface area contributed by atoms with Crippen molar-refractivity contribution in [2.45, 2.75) is 6.54 Å². The van der Waals surface area contributed by atoms with Gasteiger partial charge in [-0.15, -0.1) is 0 Å². The first-order valence-electron chi connectivity index (χ1n) is 5.51. The summed E-state index contributed by atoms with van der Waals surface area (Å²) in [6.07, 6.45) is 0. The molecule has 1 aliphatic rings. The van der Waals surface area contributed by atoms with Gasteiger partial charge in [0.25, 0.3) is 0 Å². The summed E-state index contributed by atoms with van der Waals surface area (Å²) >= 11 is 6.08. The van der Waals surface area contributed by atoms with Crippen LogP contribution in [0.15, 0.2) is 18.2 Å². The molecule has 0 aliphatic carbocycles. The molecule has 17 heavy (non-hydrogen) atoms. The van der Waals surface area contributed by atoms with E-state index in [4.69, 9.17) is 16.3 Å². The highest BCUT2D eigenvalue weighted by Crippen LogP contribution is 2.22. The number of hydrogen-bond donors (Lipinski definition) is 2. The molecule has 0 radical (unpaired) electrons. The number of rotatable bonds is 4. The van der Waals surface area contributed by atoms with Crippen LogP contribution in [0.4, 0.5) is 0 Å². The molecule has 4 nitrogen and oxygen atoms in total. The number of nitrogens with one attached hydrogen (secondary N) is 2. The maximum atomic E-state index is 11.6. The van der Waals surface area contributed by atoms with Crippen molar-refractivity contribution in [3.8, 4) is 5.75 Å². The number of methoxy groups -OCH3 is 1. The molecule has 1 amide bonds.